The Hall–Kier alpha value is -3.04. The fraction of sp³-hybridized carbons (Fsp3) is 0.200. The largest absolute Gasteiger partial charge is 0.348 e. The van der Waals surface area contributed by atoms with Gasteiger partial charge in [-0.15, -0.1) is 0 Å². The molecule has 0 spiro atoms. The van der Waals surface area contributed by atoms with Crippen LogP contribution in [0.4, 0.5) is 10.1 Å². The molecule has 2 aromatic carbocycles. The zero-order chi connectivity index (χ0) is 20.8. The van der Waals surface area contributed by atoms with E-state index in [4.69, 9.17) is 0 Å². The van der Waals surface area contributed by atoms with E-state index in [0.29, 0.717) is 17.8 Å². The summed E-state index contributed by atoms with van der Waals surface area (Å²) in [6.45, 7) is 2.10. The van der Waals surface area contributed by atoms with Crippen LogP contribution in [0, 0.1) is 22.9 Å². The van der Waals surface area contributed by atoms with Gasteiger partial charge in [0.25, 0.3) is 5.69 Å². The van der Waals surface area contributed by atoms with Crippen molar-refractivity contribution in [1.29, 1.82) is 0 Å². The number of hydrogen-bond donors (Lipinski definition) is 0. The summed E-state index contributed by atoms with van der Waals surface area (Å²) >= 11 is 0. The molecular formula is C20H18FN3O4S. The molecule has 1 atom stereocenters. The maximum atomic E-state index is 14.7. The quantitative estimate of drug-likeness (QED) is 0.481. The summed E-state index contributed by atoms with van der Waals surface area (Å²) < 4.78 is 45.0. The molecule has 0 amide bonds. The molecule has 0 N–H and O–H groups in total. The molecule has 4 rings (SSSR count). The monoisotopic (exact) mass is 415 g/mol. The first-order valence-electron chi connectivity index (χ1n) is 8.97. The van der Waals surface area contributed by atoms with E-state index in [1.165, 1.54) is 22.5 Å². The zero-order valence-corrected chi connectivity index (χ0v) is 16.3. The number of sulfonamides is 1. The number of aryl methyl sites for hydroxylation is 1. The second kappa shape index (κ2) is 7.09. The third-order valence-corrected chi connectivity index (χ3v) is 7.17. The summed E-state index contributed by atoms with van der Waals surface area (Å²) in [5.41, 5.74) is 0.965. The Balaban J connectivity index is 1.90. The molecule has 0 aliphatic carbocycles. The molecule has 0 saturated heterocycles. The molecule has 2 heterocycles. The SMILES string of the molecule is Cc1ccc([N+](=O)[O-])cc1S(=O)(=O)N1CCn2cccc2[C@@H]1c1ccccc1F. The van der Waals surface area contributed by atoms with Gasteiger partial charge in [0, 0.05) is 42.7 Å². The van der Waals surface area contributed by atoms with Crippen molar-refractivity contribution in [3.05, 3.63) is 93.5 Å². The Morgan fingerprint density at radius 3 is 2.59 bits per heavy atom. The van der Waals surface area contributed by atoms with Gasteiger partial charge in [-0.1, -0.05) is 24.3 Å². The summed E-state index contributed by atoms with van der Waals surface area (Å²) in [6.07, 6.45) is 1.83. The summed E-state index contributed by atoms with van der Waals surface area (Å²) in [7, 11) is -4.13. The van der Waals surface area contributed by atoms with Crippen molar-refractivity contribution >= 4 is 15.7 Å². The molecule has 0 saturated carbocycles. The topological polar surface area (TPSA) is 85.4 Å². The van der Waals surface area contributed by atoms with Crippen LogP contribution in [0.2, 0.25) is 0 Å². The van der Waals surface area contributed by atoms with Crippen molar-refractivity contribution in [1.82, 2.24) is 8.87 Å². The summed E-state index contributed by atoms with van der Waals surface area (Å²) in [5.74, 6) is -0.511. The van der Waals surface area contributed by atoms with Gasteiger partial charge in [-0.3, -0.25) is 10.1 Å². The highest BCUT2D eigenvalue weighted by molar-refractivity contribution is 7.89. The second-order valence-corrected chi connectivity index (χ2v) is 8.73. The van der Waals surface area contributed by atoms with Crippen LogP contribution in [-0.4, -0.2) is 28.8 Å². The summed E-state index contributed by atoms with van der Waals surface area (Å²) in [5, 5.41) is 11.2. The number of nitrogens with zero attached hydrogens (tertiary/aromatic N) is 3. The molecule has 0 unspecified atom stereocenters. The number of halogens is 1. The molecule has 1 aliphatic heterocycles. The highest BCUT2D eigenvalue weighted by atomic mass is 32.2. The number of non-ortho nitro benzene ring substituents is 1. The van der Waals surface area contributed by atoms with E-state index in [0.717, 1.165) is 6.07 Å². The Labute approximate surface area is 167 Å². The normalized spacial score (nSPS) is 17.1. The molecule has 0 radical (unpaired) electrons. The van der Waals surface area contributed by atoms with E-state index < -0.39 is 26.8 Å². The predicted octanol–water partition coefficient (Wildman–Crippen LogP) is 3.64. The van der Waals surface area contributed by atoms with Crippen LogP contribution in [0.1, 0.15) is 22.9 Å². The van der Waals surface area contributed by atoms with Gasteiger partial charge in [-0.25, -0.2) is 12.8 Å². The minimum Gasteiger partial charge on any atom is -0.348 e. The maximum Gasteiger partial charge on any atom is 0.270 e. The second-order valence-electron chi connectivity index (χ2n) is 6.87. The van der Waals surface area contributed by atoms with Gasteiger partial charge in [0.05, 0.1) is 15.9 Å². The van der Waals surface area contributed by atoms with Gasteiger partial charge in [0.2, 0.25) is 10.0 Å². The van der Waals surface area contributed by atoms with Crippen LogP contribution in [-0.2, 0) is 16.6 Å². The Morgan fingerprint density at radius 2 is 1.86 bits per heavy atom. The van der Waals surface area contributed by atoms with E-state index in [9.17, 15) is 22.9 Å². The average Bonchev–Trinajstić information content (AvgIpc) is 3.16. The zero-order valence-electron chi connectivity index (χ0n) is 15.5. The number of nitro groups is 1. The number of rotatable bonds is 4. The number of hydrogen-bond acceptors (Lipinski definition) is 4. The lowest BCUT2D eigenvalue weighted by atomic mass is 10.0. The smallest absolute Gasteiger partial charge is 0.270 e. The molecule has 1 aliphatic rings. The average molecular weight is 415 g/mol. The summed E-state index contributed by atoms with van der Waals surface area (Å²) in [4.78, 5) is 10.4. The van der Waals surface area contributed by atoms with Crippen molar-refractivity contribution in [3.63, 3.8) is 0 Å². The van der Waals surface area contributed by atoms with Crippen molar-refractivity contribution in [2.75, 3.05) is 6.54 Å². The fourth-order valence-electron chi connectivity index (χ4n) is 3.74. The van der Waals surface area contributed by atoms with Crippen LogP contribution in [0.25, 0.3) is 0 Å². The first-order chi connectivity index (χ1) is 13.8. The molecular weight excluding hydrogens is 397 g/mol. The van der Waals surface area contributed by atoms with E-state index >= 15 is 0 Å². The van der Waals surface area contributed by atoms with Gasteiger partial charge in [-0.05, 0) is 30.7 Å². The van der Waals surface area contributed by atoms with Crippen molar-refractivity contribution in [2.24, 2.45) is 0 Å². The predicted molar refractivity (Wildman–Crippen MR) is 104 cm³/mol. The van der Waals surface area contributed by atoms with E-state index in [-0.39, 0.29) is 22.7 Å². The third kappa shape index (κ3) is 3.22. The standard InChI is InChI=1S/C20H18FN3O4S/c1-14-8-9-15(24(25)26)13-19(14)29(27,28)23-12-11-22-10-4-7-18(22)20(23)16-5-2-3-6-17(16)21/h2-10,13,20H,11-12H2,1H3/t20-/m0/s1. The van der Waals surface area contributed by atoms with Crippen molar-refractivity contribution < 1.29 is 17.7 Å². The Bertz CT molecular complexity index is 1210. The lowest BCUT2D eigenvalue weighted by Gasteiger charge is -2.36. The number of aromatic nitrogens is 1. The van der Waals surface area contributed by atoms with Crippen LogP contribution in [0.5, 0.6) is 0 Å². The van der Waals surface area contributed by atoms with Crippen LogP contribution >= 0.6 is 0 Å². The fourth-order valence-corrected chi connectivity index (χ4v) is 5.56. The minimum atomic E-state index is -4.13. The molecule has 3 aromatic rings. The molecule has 9 heteroatoms. The Morgan fingerprint density at radius 1 is 1.10 bits per heavy atom. The highest BCUT2D eigenvalue weighted by Gasteiger charge is 2.39. The van der Waals surface area contributed by atoms with Gasteiger partial charge in [0.15, 0.2) is 0 Å². The molecule has 0 fully saturated rings. The molecule has 150 valence electrons. The van der Waals surface area contributed by atoms with Gasteiger partial charge in [0.1, 0.15) is 5.82 Å². The van der Waals surface area contributed by atoms with Crippen LogP contribution < -0.4 is 0 Å². The molecule has 0 bridgehead atoms. The first kappa shape index (κ1) is 19.3. The van der Waals surface area contributed by atoms with Crippen molar-refractivity contribution in [2.45, 2.75) is 24.4 Å². The van der Waals surface area contributed by atoms with Crippen LogP contribution in [0.3, 0.4) is 0 Å². The van der Waals surface area contributed by atoms with Gasteiger partial charge >= 0.3 is 0 Å². The van der Waals surface area contributed by atoms with E-state index in [1.807, 2.05) is 10.8 Å². The molecule has 7 nitrogen and oxygen atoms in total. The van der Waals surface area contributed by atoms with Crippen LogP contribution in [0.15, 0.2) is 65.7 Å². The van der Waals surface area contributed by atoms with Gasteiger partial charge < -0.3 is 4.57 Å². The third-order valence-electron chi connectivity index (χ3n) is 5.16. The summed E-state index contributed by atoms with van der Waals surface area (Å²) in [6, 6.07) is 12.5. The maximum absolute atomic E-state index is 14.7. The Kier molecular flexibility index (Phi) is 4.71. The van der Waals surface area contributed by atoms with E-state index in [2.05, 4.69) is 0 Å². The number of nitro benzene ring substituents is 1. The van der Waals surface area contributed by atoms with E-state index in [1.54, 1.807) is 37.3 Å². The number of benzene rings is 2. The lowest BCUT2D eigenvalue weighted by Crippen LogP contribution is -2.42. The lowest BCUT2D eigenvalue weighted by molar-refractivity contribution is -0.385. The molecule has 29 heavy (non-hydrogen) atoms. The molecule has 1 aromatic heterocycles. The number of fused-ring (bicyclic) bond motifs is 1. The highest BCUT2D eigenvalue weighted by Crippen LogP contribution is 2.38. The van der Waals surface area contributed by atoms with Crippen molar-refractivity contribution in [3.8, 4) is 0 Å². The first-order valence-corrected chi connectivity index (χ1v) is 10.4. The van der Waals surface area contributed by atoms with Gasteiger partial charge in [-0.2, -0.15) is 4.31 Å². The minimum absolute atomic E-state index is 0.116.